The van der Waals surface area contributed by atoms with Crippen molar-refractivity contribution in [2.24, 2.45) is 22.7 Å². The number of phenolic OH excluding ortho intramolecular Hbond substituents is 1. The fraction of sp³-hybridized carbons (Fsp3) is 0.656. The number of benzene rings is 1. The van der Waals surface area contributed by atoms with Gasteiger partial charge in [-0.15, -0.1) is 0 Å². The number of methoxy groups -OCH3 is 1. The van der Waals surface area contributed by atoms with Gasteiger partial charge in [0.15, 0.2) is 11.5 Å². The second kappa shape index (κ2) is 7.51. The van der Waals surface area contributed by atoms with Gasteiger partial charge in [0.2, 0.25) is 0 Å². The molecule has 6 heteroatoms. The molecule has 202 valence electrons. The van der Waals surface area contributed by atoms with E-state index in [9.17, 15) is 10.2 Å². The van der Waals surface area contributed by atoms with E-state index in [0.29, 0.717) is 11.8 Å². The minimum absolute atomic E-state index is 0.0504. The predicted molar refractivity (Wildman–Crippen MR) is 150 cm³/mol. The molecule has 4 saturated carbocycles. The number of hydrogen-bond donors (Lipinski definition) is 2. The summed E-state index contributed by atoms with van der Waals surface area (Å²) in [5.41, 5.74) is 1.91. The molecule has 2 spiro atoms. The Labute approximate surface area is 230 Å². The van der Waals surface area contributed by atoms with Crippen molar-refractivity contribution in [3.63, 3.8) is 0 Å². The number of aliphatic hydroxyl groups excluding tert-OH is 1. The summed E-state index contributed by atoms with van der Waals surface area (Å²) in [6, 6.07) is 4.38. The zero-order valence-corrected chi connectivity index (χ0v) is 23.5. The monoisotopic (exact) mass is 533 g/mol. The molecule has 8 atom stereocenters. The first-order valence-electron chi connectivity index (χ1n) is 14.6. The van der Waals surface area contributed by atoms with E-state index < -0.39 is 17.1 Å². The summed E-state index contributed by atoms with van der Waals surface area (Å²) in [5.74, 6) is 1.87. The van der Waals surface area contributed by atoms with Crippen LogP contribution in [0, 0.1) is 22.7 Å². The lowest BCUT2D eigenvalue weighted by Crippen LogP contribution is -2.84. The standard InChI is InChI=1S/C32H39NO4S/c1-18-5-4-6-21(26(18)38)27(35)29(2)17-30-11-12-32(29,36-3)28-31(30)13-14-33(16-19-7-8-19)23(30)15-20-9-10-22(34)25(37-28)24(20)31/h4-6,9-10,18-19,23,27-28,34-35H,7-8,11-17H2,1-3H3/t18?,23?,27-,28+,29?,30?,31+,32+/m1/s1. The molecule has 8 aliphatic rings. The molecular formula is C32H39NO4S. The summed E-state index contributed by atoms with van der Waals surface area (Å²) in [7, 11) is 1.81. The highest BCUT2D eigenvalue weighted by atomic mass is 32.1. The SMILES string of the molecule is CO[C@]12CCC3(CC1(C)[C@H](O)C1=CC=CC(C)C1=S)C1Cc4ccc(O)c5c4[C@@]3(CCN1CC1CC1)[C@@H]2O5. The Morgan fingerprint density at radius 2 is 2.05 bits per heavy atom. The van der Waals surface area contributed by atoms with E-state index in [1.54, 1.807) is 0 Å². The van der Waals surface area contributed by atoms with Crippen molar-refractivity contribution in [1.82, 2.24) is 4.90 Å². The van der Waals surface area contributed by atoms with Crippen LogP contribution in [-0.4, -0.2) is 64.0 Å². The summed E-state index contributed by atoms with van der Waals surface area (Å²) >= 11 is 5.90. The molecule has 0 radical (unpaired) electrons. The fourth-order valence-electron chi connectivity index (χ4n) is 10.5. The lowest BCUT2D eigenvalue weighted by Gasteiger charge is -2.77. The van der Waals surface area contributed by atoms with Gasteiger partial charge in [-0.3, -0.25) is 4.90 Å². The van der Waals surface area contributed by atoms with Gasteiger partial charge < -0.3 is 19.7 Å². The molecule has 9 rings (SSSR count). The maximum absolute atomic E-state index is 12.4. The molecule has 6 aliphatic carbocycles. The summed E-state index contributed by atoms with van der Waals surface area (Å²) in [5, 5.41) is 23.5. The van der Waals surface area contributed by atoms with Crippen LogP contribution in [0.3, 0.4) is 0 Å². The summed E-state index contributed by atoms with van der Waals surface area (Å²) < 4.78 is 13.6. The Bertz CT molecular complexity index is 1320. The van der Waals surface area contributed by atoms with E-state index >= 15 is 0 Å². The first-order chi connectivity index (χ1) is 18.2. The van der Waals surface area contributed by atoms with Crippen LogP contribution in [0.5, 0.6) is 11.5 Å². The molecule has 5 nitrogen and oxygen atoms in total. The lowest BCUT2D eigenvalue weighted by atomic mass is 9.31. The molecule has 38 heavy (non-hydrogen) atoms. The number of ether oxygens (including phenoxy) is 2. The van der Waals surface area contributed by atoms with Crippen LogP contribution in [0.15, 0.2) is 35.9 Å². The van der Waals surface area contributed by atoms with Crippen molar-refractivity contribution >= 4 is 17.1 Å². The third-order valence-electron chi connectivity index (χ3n) is 12.4. The van der Waals surface area contributed by atoms with E-state index in [2.05, 4.69) is 30.9 Å². The van der Waals surface area contributed by atoms with Crippen molar-refractivity contribution in [1.29, 1.82) is 0 Å². The molecule has 5 fully saturated rings. The third-order valence-corrected chi connectivity index (χ3v) is 13.0. The largest absolute Gasteiger partial charge is 0.504 e. The van der Waals surface area contributed by atoms with Crippen LogP contribution in [0.25, 0.3) is 0 Å². The van der Waals surface area contributed by atoms with Crippen molar-refractivity contribution < 1.29 is 19.7 Å². The molecule has 2 N–H and O–H groups in total. The number of likely N-dealkylation sites (tertiary alicyclic amines) is 1. The van der Waals surface area contributed by atoms with E-state index in [-0.39, 0.29) is 28.6 Å². The Balaban J connectivity index is 1.35. The van der Waals surface area contributed by atoms with Gasteiger partial charge in [0, 0.05) is 52.3 Å². The topological polar surface area (TPSA) is 62.2 Å². The van der Waals surface area contributed by atoms with Crippen molar-refractivity contribution in [3.8, 4) is 11.5 Å². The number of allylic oxidation sites excluding steroid dienone is 3. The molecule has 1 saturated heterocycles. The van der Waals surface area contributed by atoms with Crippen molar-refractivity contribution in [2.45, 2.75) is 88.1 Å². The van der Waals surface area contributed by atoms with Gasteiger partial charge in [0.25, 0.3) is 0 Å². The van der Waals surface area contributed by atoms with Gasteiger partial charge in [-0.1, -0.05) is 50.4 Å². The zero-order chi connectivity index (χ0) is 26.2. The highest BCUT2D eigenvalue weighted by Crippen LogP contribution is 2.79. The molecule has 2 heterocycles. The number of piperidine rings is 1. The number of hydrogen-bond acceptors (Lipinski definition) is 6. The number of phenols is 1. The minimum atomic E-state index is -0.753. The molecule has 1 aromatic carbocycles. The maximum atomic E-state index is 12.4. The quantitative estimate of drug-likeness (QED) is 0.527. The number of rotatable bonds is 5. The Kier molecular flexibility index (Phi) is 4.76. The summed E-state index contributed by atoms with van der Waals surface area (Å²) in [4.78, 5) is 3.64. The molecule has 0 aromatic heterocycles. The number of fused-ring (bicyclic) bond motifs is 2. The summed E-state index contributed by atoms with van der Waals surface area (Å²) in [6.45, 7) is 6.59. The fourth-order valence-corrected chi connectivity index (χ4v) is 10.8. The van der Waals surface area contributed by atoms with Gasteiger partial charge in [-0.2, -0.15) is 0 Å². The van der Waals surface area contributed by atoms with Gasteiger partial charge in [-0.25, -0.2) is 0 Å². The smallest absolute Gasteiger partial charge is 0.165 e. The van der Waals surface area contributed by atoms with Crippen LogP contribution < -0.4 is 4.74 Å². The van der Waals surface area contributed by atoms with Gasteiger partial charge >= 0.3 is 0 Å². The Hall–Kier alpha value is -1.73. The maximum Gasteiger partial charge on any atom is 0.165 e. The minimum Gasteiger partial charge on any atom is -0.504 e. The van der Waals surface area contributed by atoms with Gasteiger partial charge in [-0.05, 0) is 74.6 Å². The highest BCUT2D eigenvalue weighted by Gasteiger charge is 2.84. The first-order valence-corrected chi connectivity index (χ1v) is 15.1. The molecule has 4 unspecified atom stereocenters. The van der Waals surface area contributed by atoms with Gasteiger partial charge in [0.05, 0.1) is 6.10 Å². The normalized spacial score (nSPS) is 45.0. The molecule has 2 aliphatic heterocycles. The van der Waals surface area contributed by atoms with Crippen LogP contribution in [-0.2, 0) is 16.6 Å². The number of thiocarbonyl (C=S) groups is 1. The van der Waals surface area contributed by atoms with E-state index in [0.717, 1.165) is 55.0 Å². The van der Waals surface area contributed by atoms with Crippen LogP contribution >= 0.6 is 12.2 Å². The molecule has 4 bridgehead atoms. The Morgan fingerprint density at radius 1 is 1.24 bits per heavy atom. The van der Waals surface area contributed by atoms with Crippen LogP contribution in [0.1, 0.15) is 63.5 Å². The average molecular weight is 534 g/mol. The van der Waals surface area contributed by atoms with E-state index in [4.69, 9.17) is 21.7 Å². The van der Waals surface area contributed by atoms with Gasteiger partial charge in [0.1, 0.15) is 11.7 Å². The van der Waals surface area contributed by atoms with Crippen LogP contribution in [0.2, 0.25) is 0 Å². The number of aromatic hydroxyl groups is 1. The average Bonchev–Trinajstić information content (AvgIpc) is 3.65. The van der Waals surface area contributed by atoms with Crippen LogP contribution in [0.4, 0.5) is 0 Å². The number of aliphatic hydroxyl groups is 1. The second-order valence-electron chi connectivity index (χ2n) is 13.7. The third kappa shape index (κ3) is 2.54. The summed E-state index contributed by atoms with van der Waals surface area (Å²) in [6.07, 6.45) is 12.6. The van der Waals surface area contributed by atoms with E-state index in [1.165, 1.54) is 30.5 Å². The highest BCUT2D eigenvalue weighted by molar-refractivity contribution is 7.80. The number of nitrogens with zero attached hydrogens (tertiary/aromatic N) is 1. The van der Waals surface area contributed by atoms with E-state index in [1.807, 2.05) is 25.3 Å². The predicted octanol–water partition coefficient (Wildman–Crippen LogP) is 4.87. The molecular weight excluding hydrogens is 494 g/mol. The molecule has 1 aromatic rings. The first kappa shape index (κ1) is 24.1. The van der Waals surface area contributed by atoms with Crippen molar-refractivity contribution in [3.05, 3.63) is 47.1 Å². The lowest BCUT2D eigenvalue weighted by molar-refractivity contribution is -0.319. The Morgan fingerprint density at radius 3 is 2.82 bits per heavy atom. The second-order valence-corrected chi connectivity index (χ2v) is 14.2. The van der Waals surface area contributed by atoms with Crippen molar-refractivity contribution in [2.75, 3.05) is 20.2 Å². The zero-order valence-electron chi connectivity index (χ0n) is 22.7. The molecule has 0 amide bonds.